The normalized spacial score (nSPS) is 12.0. The fourth-order valence-corrected chi connectivity index (χ4v) is 2.16. The van der Waals surface area contributed by atoms with Crippen LogP contribution in [0.3, 0.4) is 0 Å². The molecule has 0 aromatic carbocycles. The van der Waals surface area contributed by atoms with E-state index in [1.807, 2.05) is 32.4 Å². The summed E-state index contributed by atoms with van der Waals surface area (Å²) in [6, 6.07) is 0.268. The fraction of sp³-hybridized carbons (Fsp3) is 0.714. The first-order chi connectivity index (χ1) is 8.76. The Morgan fingerprint density at radius 1 is 1.37 bits per heavy atom. The van der Waals surface area contributed by atoms with Crippen LogP contribution in [0.2, 0.25) is 0 Å². The van der Waals surface area contributed by atoms with E-state index < -0.39 is 5.54 Å². The average Bonchev–Trinajstić information content (AvgIpc) is 2.65. The second kappa shape index (κ2) is 5.74. The molecule has 1 rings (SSSR count). The predicted octanol–water partition coefficient (Wildman–Crippen LogP) is 2.54. The number of hydrogen-bond donors (Lipinski definition) is 2. The summed E-state index contributed by atoms with van der Waals surface area (Å²) in [5.41, 5.74) is 7.89. The summed E-state index contributed by atoms with van der Waals surface area (Å²) in [5, 5.41) is 7.41. The minimum absolute atomic E-state index is 0.132. The third-order valence-corrected chi connectivity index (χ3v) is 3.77. The van der Waals surface area contributed by atoms with Crippen molar-refractivity contribution in [2.24, 2.45) is 5.73 Å². The second-order valence-electron chi connectivity index (χ2n) is 5.40. The summed E-state index contributed by atoms with van der Waals surface area (Å²) in [7, 11) is 0. The van der Waals surface area contributed by atoms with E-state index >= 15 is 0 Å². The van der Waals surface area contributed by atoms with Crippen LogP contribution in [0.15, 0.2) is 0 Å². The summed E-state index contributed by atoms with van der Waals surface area (Å²) in [6.07, 6.45) is 1.23. The summed E-state index contributed by atoms with van der Waals surface area (Å²) < 4.78 is 1.92. The molecule has 0 aliphatic carbocycles. The maximum Gasteiger partial charge on any atom is 0.244 e. The van der Waals surface area contributed by atoms with Crippen LogP contribution in [0.5, 0.6) is 0 Å². The highest BCUT2D eigenvalue weighted by atomic mass is 16.2. The standard InChI is InChI=1S/C14H26N4O/c1-7-14(15,8-2)13(19)16-12-10(5)17-18(9(3)4)11(12)6/h9H,7-8,15H2,1-6H3,(H,16,19). The summed E-state index contributed by atoms with van der Waals surface area (Å²) in [4.78, 5) is 12.3. The highest BCUT2D eigenvalue weighted by Gasteiger charge is 2.31. The number of nitrogens with zero attached hydrogens (tertiary/aromatic N) is 2. The summed E-state index contributed by atoms with van der Waals surface area (Å²) in [6.45, 7) is 11.9. The summed E-state index contributed by atoms with van der Waals surface area (Å²) >= 11 is 0. The van der Waals surface area contributed by atoms with Gasteiger partial charge in [-0.1, -0.05) is 13.8 Å². The third kappa shape index (κ3) is 2.97. The van der Waals surface area contributed by atoms with E-state index in [1.165, 1.54) is 0 Å². The van der Waals surface area contributed by atoms with Gasteiger partial charge in [-0.25, -0.2) is 0 Å². The number of anilines is 1. The van der Waals surface area contributed by atoms with Crippen molar-refractivity contribution in [2.45, 2.75) is 66.0 Å². The zero-order chi connectivity index (χ0) is 14.8. The van der Waals surface area contributed by atoms with Crippen LogP contribution < -0.4 is 11.1 Å². The number of aryl methyl sites for hydroxylation is 1. The second-order valence-corrected chi connectivity index (χ2v) is 5.40. The van der Waals surface area contributed by atoms with Gasteiger partial charge >= 0.3 is 0 Å². The van der Waals surface area contributed by atoms with Crippen LogP contribution in [-0.4, -0.2) is 21.2 Å². The Hall–Kier alpha value is -1.36. The Labute approximate surface area is 115 Å². The van der Waals surface area contributed by atoms with Gasteiger partial charge in [0.05, 0.1) is 22.6 Å². The molecule has 1 heterocycles. The number of hydrogen-bond acceptors (Lipinski definition) is 3. The molecule has 0 aliphatic heterocycles. The molecule has 0 saturated heterocycles. The van der Waals surface area contributed by atoms with Crippen molar-refractivity contribution in [1.29, 1.82) is 0 Å². The molecule has 0 atom stereocenters. The quantitative estimate of drug-likeness (QED) is 0.860. The first-order valence-corrected chi connectivity index (χ1v) is 6.92. The topological polar surface area (TPSA) is 72.9 Å². The van der Waals surface area contributed by atoms with E-state index in [2.05, 4.69) is 24.3 Å². The Balaban J connectivity index is 3.04. The molecule has 19 heavy (non-hydrogen) atoms. The van der Waals surface area contributed by atoms with Crippen LogP contribution in [-0.2, 0) is 4.79 Å². The van der Waals surface area contributed by atoms with E-state index in [-0.39, 0.29) is 11.9 Å². The molecule has 108 valence electrons. The number of aromatic nitrogens is 2. The van der Waals surface area contributed by atoms with Gasteiger partial charge in [-0.15, -0.1) is 0 Å². The molecule has 1 aromatic rings. The summed E-state index contributed by atoms with van der Waals surface area (Å²) in [5.74, 6) is -0.132. The van der Waals surface area contributed by atoms with Crippen molar-refractivity contribution in [3.05, 3.63) is 11.4 Å². The smallest absolute Gasteiger partial charge is 0.244 e. The zero-order valence-electron chi connectivity index (χ0n) is 12.9. The Kier molecular flexibility index (Phi) is 4.74. The van der Waals surface area contributed by atoms with Gasteiger partial charge in [0.2, 0.25) is 5.91 Å². The predicted molar refractivity (Wildman–Crippen MR) is 78.2 cm³/mol. The molecular weight excluding hydrogens is 240 g/mol. The molecule has 1 amide bonds. The molecule has 5 heteroatoms. The lowest BCUT2D eigenvalue weighted by molar-refractivity contribution is -0.121. The lowest BCUT2D eigenvalue weighted by Gasteiger charge is -2.25. The van der Waals surface area contributed by atoms with E-state index in [0.29, 0.717) is 12.8 Å². The third-order valence-electron chi connectivity index (χ3n) is 3.77. The molecular formula is C14H26N4O. The van der Waals surface area contributed by atoms with Gasteiger partial charge in [0, 0.05) is 6.04 Å². The number of nitrogens with one attached hydrogen (secondary N) is 1. The van der Waals surface area contributed by atoms with Crippen molar-refractivity contribution in [3.63, 3.8) is 0 Å². The van der Waals surface area contributed by atoms with Gasteiger partial charge in [-0.05, 0) is 40.5 Å². The highest BCUT2D eigenvalue weighted by molar-refractivity contribution is 5.98. The first kappa shape index (κ1) is 15.7. The largest absolute Gasteiger partial charge is 0.321 e. The highest BCUT2D eigenvalue weighted by Crippen LogP contribution is 2.24. The Morgan fingerprint density at radius 3 is 2.26 bits per heavy atom. The molecule has 0 radical (unpaired) electrons. The number of carbonyl (C=O) groups is 1. The van der Waals surface area contributed by atoms with E-state index in [1.54, 1.807) is 0 Å². The molecule has 0 spiro atoms. The molecule has 0 fully saturated rings. The van der Waals surface area contributed by atoms with Gasteiger partial charge in [0.25, 0.3) is 0 Å². The van der Waals surface area contributed by atoms with E-state index in [4.69, 9.17) is 5.73 Å². The van der Waals surface area contributed by atoms with Crippen molar-refractivity contribution >= 4 is 11.6 Å². The van der Waals surface area contributed by atoms with Crippen LogP contribution in [0, 0.1) is 13.8 Å². The number of carbonyl (C=O) groups excluding carboxylic acids is 1. The van der Waals surface area contributed by atoms with Crippen molar-refractivity contribution in [3.8, 4) is 0 Å². The van der Waals surface area contributed by atoms with Gasteiger partial charge in [0.1, 0.15) is 0 Å². The SMILES string of the molecule is CCC(N)(CC)C(=O)Nc1c(C)nn(C(C)C)c1C. The minimum Gasteiger partial charge on any atom is -0.321 e. The maximum atomic E-state index is 12.3. The number of rotatable bonds is 5. The molecule has 5 nitrogen and oxygen atoms in total. The lowest BCUT2D eigenvalue weighted by Crippen LogP contribution is -2.50. The molecule has 0 aliphatic rings. The van der Waals surface area contributed by atoms with E-state index in [9.17, 15) is 4.79 Å². The number of nitrogens with two attached hydrogens (primary N) is 1. The monoisotopic (exact) mass is 266 g/mol. The lowest BCUT2D eigenvalue weighted by atomic mass is 9.93. The fourth-order valence-electron chi connectivity index (χ4n) is 2.16. The molecule has 0 unspecified atom stereocenters. The molecule has 1 aromatic heterocycles. The van der Waals surface area contributed by atoms with E-state index in [0.717, 1.165) is 17.1 Å². The van der Waals surface area contributed by atoms with Crippen molar-refractivity contribution in [2.75, 3.05) is 5.32 Å². The van der Waals surface area contributed by atoms with Crippen LogP contribution in [0.25, 0.3) is 0 Å². The molecule has 0 saturated carbocycles. The molecule has 0 bridgehead atoms. The maximum absolute atomic E-state index is 12.3. The van der Waals surface area contributed by atoms with Gasteiger partial charge in [-0.3, -0.25) is 9.48 Å². The van der Waals surface area contributed by atoms with Crippen LogP contribution >= 0.6 is 0 Å². The van der Waals surface area contributed by atoms with Gasteiger partial charge in [-0.2, -0.15) is 5.10 Å². The van der Waals surface area contributed by atoms with Crippen molar-refractivity contribution in [1.82, 2.24) is 9.78 Å². The Bertz CT molecular complexity index is 458. The minimum atomic E-state index is -0.807. The first-order valence-electron chi connectivity index (χ1n) is 6.92. The number of amides is 1. The zero-order valence-corrected chi connectivity index (χ0v) is 12.9. The Morgan fingerprint density at radius 2 is 1.89 bits per heavy atom. The average molecular weight is 266 g/mol. The van der Waals surface area contributed by atoms with Crippen LogP contribution in [0.4, 0.5) is 5.69 Å². The molecule has 3 N–H and O–H groups in total. The van der Waals surface area contributed by atoms with Gasteiger partial charge < -0.3 is 11.1 Å². The van der Waals surface area contributed by atoms with Crippen LogP contribution in [0.1, 0.15) is 58.0 Å². The van der Waals surface area contributed by atoms with Crippen molar-refractivity contribution < 1.29 is 4.79 Å². The van der Waals surface area contributed by atoms with Gasteiger partial charge in [0.15, 0.2) is 0 Å².